The largest absolute Gasteiger partial charge is 0.348 e. The fourth-order valence-corrected chi connectivity index (χ4v) is 5.01. The molecule has 0 saturated carbocycles. The molecule has 0 atom stereocenters. The number of benzene rings is 1. The number of aromatic nitrogens is 2. The van der Waals surface area contributed by atoms with E-state index in [0.717, 1.165) is 56.6 Å². The summed E-state index contributed by atoms with van der Waals surface area (Å²) in [7, 11) is 0. The lowest BCUT2D eigenvalue weighted by Crippen LogP contribution is -2.30. The Bertz CT molecular complexity index is 992. The van der Waals surface area contributed by atoms with Crippen LogP contribution in [-0.4, -0.2) is 45.7 Å². The summed E-state index contributed by atoms with van der Waals surface area (Å²) >= 11 is 13.2. The van der Waals surface area contributed by atoms with Gasteiger partial charge < -0.3 is 10.2 Å². The molecule has 0 bridgehead atoms. The van der Waals surface area contributed by atoms with Gasteiger partial charge in [-0.05, 0) is 63.5 Å². The Morgan fingerprint density at radius 3 is 2.71 bits per heavy atom. The van der Waals surface area contributed by atoms with Gasteiger partial charge in [-0.3, -0.25) is 9.36 Å². The summed E-state index contributed by atoms with van der Waals surface area (Å²) < 4.78 is 1.84. The van der Waals surface area contributed by atoms with Crippen LogP contribution in [0.25, 0.3) is 0 Å². The smallest absolute Gasteiger partial charge is 0.325 e. The van der Waals surface area contributed by atoms with E-state index in [0.29, 0.717) is 27.3 Å². The zero-order valence-electron chi connectivity index (χ0n) is 17.9. The molecular formula is C22H28Cl2N4O2S. The van der Waals surface area contributed by atoms with Gasteiger partial charge in [0.15, 0.2) is 0 Å². The predicted molar refractivity (Wildman–Crippen MR) is 129 cm³/mol. The van der Waals surface area contributed by atoms with Crippen LogP contribution in [0.4, 0.5) is 5.69 Å². The van der Waals surface area contributed by atoms with Gasteiger partial charge in [-0.1, -0.05) is 48.8 Å². The molecule has 1 aliphatic carbocycles. The van der Waals surface area contributed by atoms with Crippen molar-refractivity contribution in [2.45, 2.75) is 51.1 Å². The highest BCUT2D eigenvalue weighted by Crippen LogP contribution is 2.30. The van der Waals surface area contributed by atoms with E-state index in [1.54, 1.807) is 18.2 Å². The molecule has 6 nitrogen and oxygen atoms in total. The number of thioether (sulfide) groups is 1. The van der Waals surface area contributed by atoms with E-state index in [4.69, 9.17) is 23.2 Å². The maximum atomic E-state index is 12.7. The van der Waals surface area contributed by atoms with Gasteiger partial charge in [0.25, 0.3) is 0 Å². The number of hydrogen-bond acceptors (Lipinski definition) is 5. The molecule has 1 aliphatic rings. The van der Waals surface area contributed by atoms with Gasteiger partial charge in [0.1, 0.15) is 5.03 Å². The van der Waals surface area contributed by atoms with Crippen LogP contribution in [0.15, 0.2) is 28.0 Å². The lowest BCUT2D eigenvalue weighted by Gasteiger charge is -2.19. The zero-order chi connectivity index (χ0) is 22.4. The Balaban J connectivity index is 1.65. The highest BCUT2D eigenvalue weighted by Gasteiger charge is 2.22. The first-order valence-electron chi connectivity index (χ1n) is 10.7. The summed E-state index contributed by atoms with van der Waals surface area (Å²) in [4.78, 5) is 31.8. The van der Waals surface area contributed by atoms with Gasteiger partial charge in [0.05, 0.1) is 15.8 Å². The Morgan fingerprint density at radius 1 is 1.23 bits per heavy atom. The second-order valence-electron chi connectivity index (χ2n) is 7.48. The van der Waals surface area contributed by atoms with Crippen LogP contribution in [0.5, 0.6) is 0 Å². The normalized spacial score (nSPS) is 12.9. The number of hydrogen-bond donors (Lipinski definition) is 1. The highest BCUT2D eigenvalue weighted by molar-refractivity contribution is 8.00. The predicted octanol–water partition coefficient (Wildman–Crippen LogP) is 4.50. The van der Waals surface area contributed by atoms with Crippen molar-refractivity contribution >= 4 is 46.6 Å². The summed E-state index contributed by atoms with van der Waals surface area (Å²) in [6, 6.07) is 4.95. The van der Waals surface area contributed by atoms with Crippen molar-refractivity contribution < 1.29 is 4.79 Å². The molecular weight excluding hydrogens is 455 g/mol. The maximum Gasteiger partial charge on any atom is 0.348 e. The number of nitrogens with zero attached hydrogens (tertiary/aromatic N) is 3. The second kappa shape index (κ2) is 11.4. The molecule has 2 aromatic rings. The van der Waals surface area contributed by atoms with Crippen LogP contribution < -0.4 is 11.0 Å². The molecule has 0 saturated heterocycles. The van der Waals surface area contributed by atoms with E-state index in [2.05, 4.69) is 29.0 Å². The highest BCUT2D eigenvalue weighted by atomic mass is 35.5. The summed E-state index contributed by atoms with van der Waals surface area (Å²) in [6.07, 6.45) is 3.73. The number of halogens is 2. The van der Waals surface area contributed by atoms with Crippen molar-refractivity contribution in [3.8, 4) is 0 Å². The van der Waals surface area contributed by atoms with Crippen LogP contribution in [0, 0.1) is 0 Å². The fraction of sp³-hybridized carbons (Fsp3) is 0.500. The van der Waals surface area contributed by atoms with Gasteiger partial charge >= 0.3 is 5.69 Å². The monoisotopic (exact) mass is 482 g/mol. The van der Waals surface area contributed by atoms with Crippen LogP contribution in [0.2, 0.25) is 10.0 Å². The standard InChI is InChI=1S/C22H28Cl2N4O2S/c1-3-27(4-2)11-6-12-28-19-8-5-7-16(19)21(26-22(28)30)31-14-20(29)25-15-9-10-17(23)18(24)13-15/h9-10,13H,3-8,11-12,14H2,1-2H3,(H,25,29). The molecule has 1 aromatic carbocycles. The van der Waals surface area contributed by atoms with Crippen LogP contribution in [-0.2, 0) is 24.2 Å². The van der Waals surface area contributed by atoms with Crippen molar-refractivity contribution in [2.75, 3.05) is 30.7 Å². The minimum absolute atomic E-state index is 0.172. The van der Waals surface area contributed by atoms with E-state index in [1.165, 1.54) is 11.8 Å². The quantitative estimate of drug-likeness (QED) is 0.398. The number of nitrogens with one attached hydrogen (secondary N) is 1. The topological polar surface area (TPSA) is 67.2 Å². The molecule has 0 aliphatic heterocycles. The lowest BCUT2D eigenvalue weighted by molar-refractivity contribution is -0.113. The molecule has 3 rings (SSSR count). The molecule has 1 amide bonds. The Labute approximate surface area is 197 Å². The lowest BCUT2D eigenvalue weighted by atomic mass is 10.2. The zero-order valence-corrected chi connectivity index (χ0v) is 20.2. The van der Waals surface area contributed by atoms with Crippen molar-refractivity contribution in [1.29, 1.82) is 0 Å². The van der Waals surface area contributed by atoms with E-state index in [-0.39, 0.29) is 17.3 Å². The van der Waals surface area contributed by atoms with Crippen molar-refractivity contribution in [3.63, 3.8) is 0 Å². The van der Waals surface area contributed by atoms with E-state index in [1.807, 2.05) is 4.57 Å². The third-order valence-corrected chi connectivity index (χ3v) is 7.25. The second-order valence-corrected chi connectivity index (χ2v) is 9.25. The Morgan fingerprint density at radius 2 is 2.00 bits per heavy atom. The molecule has 0 radical (unpaired) electrons. The molecule has 1 heterocycles. The summed E-state index contributed by atoms with van der Waals surface area (Å²) in [5.74, 6) is -0.00852. The number of amides is 1. The number of carbonyl (C=O) groups is 1. The summed E-state index contributed by atoms with van der Waals surface area (Å²) in [5.41, 5.74) is 2.58. The average molecular weight is 483 g/mol. The van der Waals surface area contributed by atoms with Crippen molar-refractivity contribution in [3.05, 3.63) is 50.0 Å². The first kappa shape index (κ1) is 24.1. The minimum atomic E-state index is -0.215. The molecule has 0 fully saturated rings. The van der Waals surface area contributed by atoms with Gasteiger partial charge in [-0.15, -0.1) is 0 Å². The number of carbonyl (C=O) groups excluding carboxylic acids is 1. The third-order valence-electron chi connectivity index (χ3n) is 5.49. The van der Waals surface area contributed by atoms with Crippen molar-refractivity contribution in [2.24, 2.45) is 0 Å². The summed E-state index contributed by atoms with van der Waals surface area (Å²) in [6.45, 7) is 7.99. The van der Waals surface area contributed by atoms with E-state index < -0.39 is 0 Å². The third kappa shape index (κ3) is 6.25. The van der Waals surface area contributed by atoms with Gasteiger partial charge in [0, 0.05) is 23.5 Å². The average Bonchev–Trinajstić information content (AvgIpc) is 3.24. The van der Waals surface area contributed by atoms with Gasteiger partial charge in [-0.25, -0.2) is 4.79 Å². The first-order chi connectivity index (χ1) is 14.9. The fourth-order valence-electron chi connectivity index (χ4n) is 3.83. The van der Waals surface area contributed by atoms with E-state index >= 15 is 0 Å². The molecule has 9 heteroatoms. The van der Waals surface area contributed by atoms with Crippen LogP contribution in [0.3, 0.4) is 0 Å². The Kier molecular flexibility index (Phi) is 8.84. The van der Waals surface area contributed by atoms with E-state index in [9.17, 15) is 9.59 Å². The summed E-state index contributed by atoms with van der Waals surface area (Å²) in [5, 5.41) is 4.31. The van der Waals surface area contributed by atoms with Crippen molar-refractivity contribution in [1.82, 2.24) is 14.5 Å². The molecule has 168 valence electrons. The molecule has 1 aromatic heterocycles. The number of fused-ring (bicyclic) bond motifs is 1. The molecule has 0 unspecified atom stereocenters. The number of rotatable bonds is 10. The SMILES string of the molecule is CCN(CC)CCCn1c2c(c(SCC(=O)Nc3ccc(Cl)c(Cl)c3)nc1=O)CCC2. The molecule has 31 heavy (non-hydrogen) atoms. The minimum Gasteiger partial charge on any atom is -0.325 e. The Hall–Kier alpha value is -1.54. The molecule has 0 spiro atoms. The molecule has 1 N–H and O–H groups in total. The van der Waals surface area contributed by atoms with Crippen LogP contribution >= 0.6 is 35.0 Å². The van der Waals surface area contributed by atoms with Gasteiger partial charge in [0.2, 0.25) is 5.91 Å². The van der Waals surface area contributed by atoms with Gasteiger partial charge in [-0.2, -0.15) is 4.98 Å². The number of anilines is 1. The first-order valence-corrected chi connectivity index (χ1v) is 12.4. The maximum absolute atomic E-state index is 12.7. The van der Waals surface area contributed by atoms with Crippen LogP contribution in [0.1, 0.15) is 37.9 Å².